The maximum atomic E-state index is 13.7. The highest BCUT2D eigenvalue weighted by Gasteiger charge is 2.56. The number of likely N-dealkylation sites (tertiary alicyclic amines) is 3. The maximum absolute atomic E-state index is 13.7. The van der Waals surface area contributed by atoms with Crippen molar-refractivity contribution < 1.29 is 28.4 Å². The van der Waals surface area contributed by atoms with Gasteiger partial charge in [-0.05, 0) is 70.6 Å². The van der Waals surface area contributed by atoms with E-state index in [1.54, 1.807) is 25.7 Å². The summed E-state index contributed by atoms with van der Waals surface area (Å²) in [7, 11) is 0. The Morgan fingerprint density at radius 3 is 2.58 bits per heavy atom. The Hall–Kier alpha value is -2.89. The van der Waals surface area contributed by atoms with E-state index >= 15 is 0 Å². The van der Waals surface area contributed by atoms with Crippen molar-refractivity contribution >= 4 is 30.0 Å². The van der Waals surface area contributed by atoms with Crippen molar-refractivity contribution in [3.05, 3.63) is 29.8 Å². The lowest BCUT2D eigenvalue weighted by atomic mass is 10.1. The lowest BCUT2D eigenvalue weighted by molar-refractivity contribution is -0.195. The summed E-state index contributed by atoms with van der Waals surface area (Å²) in [6.45, 7) is 8.04. The number of piperazine rings is 1. The summed E-state index contributed by atoms with van der Waals surface area (Å²) in [5, 5.41) is 12.4. The van der Waals surface area contributed by atoms with E-state index in [0.29, 0.717) is 25.3 Å². The van der Waals surface area contributed by atoms with Gasteiger partial charge in [0.2, 0.25) is 11.8 Å². The molecule has 0 aromatic heterocycles. The number of rotatable bonds is 9. The van der Waals surface area contributed by atoms with Crippen LogP contribution in [0, 0.1) is 17.2 Å². The molecule has 3 saturated heterocycles. The van der Waals surface area contributed by atoms with Gasteiger partial charge >= 0.3 is 6.09 Å². The fourth-order valence-corrected chi connectivity index (χ4v) is 6.72. The second-order valence-electron chi connectivity index (χ2n) is 12.0. The third kappa shape index (κ3) is 5.77. The van der Waals surface area contributed by atoms with E-state index in [1.165, 1.54) is 0 Å². The molecule has 216 valence electrons. The van der Waals surface area contributed by atoms with Crippen LogP contribution in [0.3, 0.4) is 0 Å². The van der Waals surface area contributed by atoms with E-state index in [-0.39, 0.29) is 42.5 Å². The molecular weight excluding hydrogens is 536 g/mol. The first-order chi connectivity index (χ1) is 19.0. The van der Waals surface area contributed by atoms with Crippen molar-refractivity contribution in [1.82, 2.24) is 20.0 Å². The lowest BCUT2D eigenvalue weighted by Gasteiger charge is -2.39. The minimum Gasteiger partial charge on any atom is -0.444 e. The number of benzene rings is 1. The molecule has 1 aromatic rings. The summed E-state index contributed by atoms with van der Waals surface area (Å²) >= 11 is 0.992. The predicted molar refractivity (Wildman–Crippen MR) is 144 cm³/mol. The number of piperidine rings is 1. The number of hydrogen-bond donors (Lipinski definition) is 2. The van der Waals surface area contributed by atoms with Gasteiger partial charge in [-0.15, -0.1) is 9.32 Å². The number of carbonyl (C=O) groups is 3. The van der Waals surface area contributed by atoms with E-state index in [9.17, 15) is 19.6 Å². The number of carbonyl (C=O) groups excluding carboxylic acids is 3. The summed E-state index contributed by atoms with van der Waals surface area (Å²) in [6, 6.07) is 7.96. The Morgan fingerprint density at radius 1 is 1.23 bits per heavy atom. The van der Waals surface area contributed by atoms with E-state index in [4.69, 9.17) is 10.6 Å². The number of alkyl carbamates (subject to hydrolysis) is 1. The van der Waals surface area contributed by atoms with Crippen LogP contribution in [0.5, 0.6) is 0 Å². The normalized spacial score (nSPS) is 28.7. The maximum Gasteiger partial charge on any atom is 0.408 e. The van der Waals surface area contributed by atoms with Crippen molar-refractivity contribution in [2.24, 2.45) is 11.8 Å². The molecule has 5 rings (SSSR count). The molecule has 3 amide bonds. The average molecular weight is 573 g/mol. The molecule has 2 bridgehead atoms. The molecule has 0 spiro atoms. The first-order valence-electron chi connectivity index (χ1n) is 13.6. The van der Waals surface area contributed by atoms with Crippen LogP contribution in [-0.2, 0) is 23.6 Å². The molecule has 7 atom stereocenters. The van der Waals surface area contributed by atoms with Gasteiger partial charge < -0.3 is 19.9 Å². The number of amides is 3. The summed E-state index contributed by atoms with van der Waals surface area (Å²) < 4.78 is 10.1. The van der Waals surface area contributed by atoms with Gasteiger partial charge in [0.25, 0.3) is 0 Å². The van der Waals surface area contributed by atoms with E-state index in [1.807, 2.05) is 41.0 Å². The summed E-state index contributed by atoms with van der Waals surface area (Å²) in [5.41, 5.74) is 0.254. The number of ether oxygens (including phenoxy) is 1. The SMILES string of the molecule is C[C@@H](c1ccc(SOON)cc1)N1C(=O)[C@H]2C[C@@H]1CN2C[C@H](NC(=O)OC(C)(C)C)C(=O)N1[C@H](C#N)C[C@@H]2C[C@@H]21. The standard InChI is InChI=1S/C27H36N6O6S/c1-15(16-5-7-20(8-6-16)40-39-38-29)32-19-11-23(25(32)35)31(13-19)14-21(30-26(36)37-27(2,3)4)24(34)33-18(12-28)9-17-10-22(17)33/h5-8,15,17-19,21-23H,9-11,13-14,29H2,1-4H3,(H,30,36)/t15-,17+,18-,19+,21-,22-,23+/m0/s1. The highest BCUT2D eigenvalue weighted by molar-refractivity contribution is 7.94. The number of hydrogen-bond acceptors (Lipinski definition) is 10. The van der Waals surface area contributed by atoms with Crippen LogP contribution in [0.4, 0.5) is 4.79 Å². The first-order valence-corrected chi connectivity index (χ1v) is 14.3. The molecule has 3 heterocycles. The molecule has 4 fully saturated rings. The average Bonchev–Trinajstić information content (AvgIpc) is 3.22. The second-order valence-corrected chi connectivity index (χ2v) is 12.8. The van der Waals surface area contributed by atoms with Crippen molar-refractivity contribution in [2.75, 3.05) is 13.1 Å². The Labute approximate surface area is 238 Å². The summed E-state index contributed by atoms with van der Waals surface area (Å²) in [5.74, 6) is 4.96. The second kappa shape index (κ2) is 11.2. The van der Waals surface area contributed by atoms with E-state index < -0.39 is 23.8 Å². The molecule has 1 aromatic carbocycles. The zero-order chi connectivity index (χ0) is 28.8. The Morgan fingerprint density at radius 2 is 1.95 bits per heavy atom. The highest BCUT2D eigenvalue weighted by atomic mass is 32.2. The van der Waals surface area contributed by atoms with Crippen LogP contribution in [0.2, 0.25) is 0 Å². The molecule has 13 heteroatoms. The number of nitrogens with one attached hydrogen (secondary N) is 1. The molecule has 4 aliphatic rings. The lowest BCUT2D eigenvalue weighted by Crippen LogP contribution is -2.59. The Kier molecular flexibility index (Phi) is 8.00. The van der Waals surface area contributed by atoms with Gasteiger partial charge in [0.1, 0.15) is 17.7 Å². The van der Waals surface area contributed by atoms with E-state index in [2.05, 4.69) is 20.7 Å². The van der Waals surface area contributed by atoms with Crippen molar-refractivity contribution in [3.63, 3.8) is 0 Å². The van der Waals surface area contributed by atoms with Crippen molar-refractivity contribution in [1.29, 1.82) is 5.26 Å². The Bertz CT molecular complexity index is 1190. The van der Waals surface area contributed by atoms with Gasteiger partial charge in [-0.25, -0.2) is 4.79 Å². The minimum absolute atomic E-state index is 0.00358. The third-order valence-electron chi connectivity index (χ3n) is 8.18. The van der Waals surface area contributed by atoms with Gasteiger partial charge in [0.15, 0.2) is 0 Å². The number of nitrogens with two attached hydrogens (primary N) is 1. The minimum atomic E-state index is -0.923. The Balaban J connectivity index is 1.27. The number of fused-ring (bicyclic) bond motifs is 3. The fraction of sp³-hybridized carbons (Fsp3) is 0.630. The van der Waals surface area contributed by atoms with Gasteiger partial charge in [0, 0.05) is 30.1 Å². The third-order valence-corrected chi connectivity index (χ3v) is 8.79. The fourth-order valence-electron chi connectivity index (χ4n) is 6.36. The van der Waals surface area contributed by atoms with Crippen LogP contribution < -0.4 is 11.2 Å². The topological polar surface area (TPSA) is 150 Å². The monoisotopic (exact) mass is 572 g/mol. The molecule has 1 aliphatic carbocycles. The summed E-state index contributed by atoms with van der Waals surface area (Å²) in [4.78, 5) is 50.5. The van der Waals surface area contributed by atoms with Crippen LogP contribution >= 0.6 is 12.0 Å². The van der Waals surface area contributed by atoms with Crippen LogP contribution in [-0.4, -0.2) is 81.5 Å². The molecule has 3 aliphatic heterocycles. The van der Waals surface area contributed by atoms with Crippen LogP contribution in [0.1, 0.15) is 58.6 Å². The van der Waals surface area contributed by atoms with E-state index in [0.717, 1.165) is 28.9 Å². The van der Waals surface area contributed by atoms with Crippen molar-refractivity contribution in [2.45, 2.75) is 93.7 Å². The predicted octanol–water partition coefficient (Wildman–Crippen LogP) is 2.27. The molecule has 0 unspecified atom stereocenters. The van der Waals surface area contributed by atoms with Crippen LogP contribution in [0.15, 0.2) is 29.2 Å². The van der Waals surface area contributed by atoms with Gasteiger partial charge in [-0.2, -0.15) is 11.2 Å². The van der Waals surface area contributed by atoms with Crippen molar-refractivity contribution in [3.8, 4) is 6.07 Å². The van der Waals surface area contributed by atoms with Crippen LogP contribution in [0.25, 0.3) is 0 Å². The van der Waals surface area contributed by atoms with Gasteiger partial charge in [-0.1, -0.05) is 12.1 Å². The molecule has 3 N–H and O–H groups in total. The molecule has 12 nitrogen and oxygen atoms in total. The zero-order valence-electron chi connectivity index (χ0n) is 23.1. The first kappa shape index (κ1) is 28.6. The molecule has 1 saturated carbocycles. The number of nitrogens with zero attached hydrogens (tertiary/aromatic N) is 4. The summed E-state index contributed by atoms with van der Waals surface area (Å²) in [6.07, 6.45) is 1.51. The molecule has 40 heavy (non-hydrogen) atoms. The quantitative estimate of drug-likeness (QED) is 0.256. The van der Waals surface area contributed by atoms with Gasteiger partial charge in [0.05, 0.1) is 30.2 Å². The number of nitriles is 1. The molecule has 0 radical (unpaired) electrons. The zero-order valence-corrected chi connectivity index (χ0v) is 23.9. The van der Waals surface area contributed by atoms with Gasteiger partial charge in [-0.3, -0.25) is 14.5 Å². The molecular formula is C27H36N6O6S. The highest BCUT2D eigenvalue weighted by Crippen LogP contribution is 2.48. The largest absolute Gasteiger partial charge is 0.444 e. The smallest absolute Gasteiger partial charge is 0.408 e.